The van der Waals surface area contributed by atoms with Crippen LogP contribution in [0.4, 0.5) is 0 Å². The van der Waals surface area contributed by atoms with E-state index in [9.17, 15) is 24.5 Å². The number of carbonyl (C=O) groups is 3. The van der Waals surface area contributed by atoms with Crippen LogP contribution < -0.4 is 5.32 Å². The molecule has 0 bridgehead atoms. The van der Waals surface area contributed by atoms with Crippen LogP contribution in [-0.2, 0) is 25.5 Å². The lowest BCUT2D eigenvalue weighted by atomic mass is 10.1. The van der Waals surface area contributed by atoms with Gasteiger partial charge in [0, 0.05) is 12.0 Å². The maximum atomic E-state index is 12.5. The zero-order valence-electron chi connectivity index (χ0n) is 16.6. The molecule has 1 N–H and O–H groups in total. The third-order valence-electron chi connectivity index (χ3n) is 3.86. The molecular weight excluding hydrogens is 380 g/mol. The van der Waals surface area contributed by atoms with Crippen LogP contribution in [0.2, 0.25) is 0 Å². The third-order valence-corrected chi connectivity index (χ3v) is 3.86. The van der Waals surface area contributed by atoms with Crippen molar-refractivity contribution in [3.8, 4) is 0 Å². The van der Waals surface area contributed by atoms with Gasteiger partial charge in [0.15, 0.2) is 0 Å². The quantitative estimate of drug-likeness (QED) is 0.321. The summed E-state index contributed by atoms with van der Waals surface area (Å²) in [6.45, 7) is 3.74. The van der Waals surface area contributed by atoms with Crippen LogP contribution in [-0.4, -0.2) is 42.0 Å². The van der Waals surface area contributed by atoms with Crippen LogP contribution in [0.25, 0.3) is 0 Å². The summed E-state index contributed by atoms with van der Waals surface area (Å²) < 4.78 is 9.81. The van der Waals surface area contributed by atoms with Crippen LogP contribution in [0, 0.1) is 10.1 Å². The fraction of sp³-hybridized carbons (Fsp3) is 0.450. The second kappa shape index (κ2) is 13.0. The molecule has 0 fully saturated rings. The molecule has 29 heavy (non-hydrogen) atoms. The predicted molar refractivity (Wildman–Crippen MR) is 105 cm³/mol. The first kappa shape index (κ1) is 23.8. The molecule has 0 aliphatic heterocycles. The first-order valence-corrected chi connectivity index (χ1v) is 9.39. The largest absolute Gasteiger partial charge is 0.466 e. The van der Waals surface area contributed by atoms with E-state index in [-0.39, 0.29) is 26.1 Å². The van der Waals surface area contributed by atoms with Crippen LogP contribution in [0.15, 0.2) is 36.5 Å². The average molecular weight is 406 g/mol. The molecule has 0 saturated heterocycles. The summed E-state index contributed by atoms with van der Waals surface area (Å²) >= 11 is 0. The zero-order valence-corrected chi connectivity index (χ0v) is 16.6. The fourth-order valence-corrected chi connectivity index (χ4v) is 2.46. The van der Waals surface area contributed by atoms with Crippen LogP contribution >= 0.6 is 0 Å². The van der Waals surface area contributed by atoms with Crippen molar-refractivity contribution in [2.24, 2.45) is 0 Å². The number of rotatable bonds is 12. The number of nitrogens with zero attached hydrogens (tertiary/aromatic N) is 1. The lowest BCUT2D eigenvalue weighted by Gasteiger charge is -2.17. The topological polar surface area (TPSA) is 125 Å². The van der Waals surface area contributed by atoms with Gasteiger partial charge < -0.3 is 14.8 Å². The Kier molecular flexibility index (Phi) is 10.7. The van der Waals surface area contributed by atoms with Gasteiger partial charge in [0.05, 0.1) is 18.1 Å². The van der Waals surface area contributed by atoms with E-state index < -0.39 is 28.8 Å². The number of benzene rings is 1. The molecule has 0 radical (unpaired) electrons. The Morgan fingerprint density at radius 3 is 2.38 bits per heavy atom. The van der Waals surface area contributed by atoms with Gasteiger partial charge in [0.2, 0.25) is 6.20 Å². The summed E-state index contributed by atoms with van der Waals surface area (Å²) in [4.78, 5) is 45.8. The smallest absolute Gasteiger partial charge is 0.328 e. The molecule has 9 nitrogen and oxygen atoms in total. The van der Waals surface area contributed by atoms with E-state index in [1.54, 1.807) is 38.1 Å². The Labute approximate surface area is 169 Å². The number of nitro groups is 1. The number of carbonyl (C=O) groups excluding carboxylic acids is 3. The molecule has 1 unspecified atom stereocenters. The molecule has 0 saturated carbocycles. The van der Waals surface area contributed by atoms with Crippen molar-refractivity contribution in [2.45, 2.75) is 45.6 Å². The van der Waals surface area contributed by atoms with Gasteiger partial charge in [-0.2, -0.15) is 0 Å². The first-order chi connectivity index (χ1) is 13.9. The molecule has 1 rings (SSSR count). The number of amides is 1. The van der Waals surface area contributed by atoms with Crippen molar-refractivity contribution < 1.29 is 28.8 Å². The average Bonchev–Trinajstić information content (AvgIpc) is 2.69. The third kappa shape index (κ3) is 9.50. The number of aryl methyl sites for hydroxylation is 1. The minimum absolute atomic E-state index is 0.0196. The molecule has 1 aromatic rings. The summed E-state index contributed by atoms with van der Waals surface area (Å²) in [7, 11) is 0. The van der Waals surface area contributed by atoms with Crippen molar-refractivity contribution in [1.82, 2.24) is 5.32 Å². The van der Waals surface area contributed by atoms with Gasteiger partial charge in [-0.15, -0.1) is 0 Å². The highest BCUT2D eigenvalue weighted by atomic mass is 16.6. The van der Waals surface area contributed by atoms with Gasteiger partial charge in [-0.25, -0.2) is 4.79 Å². The Bertz CT molecular complexity index is 729. The minimum atomic E-state index is -0.959. The fourth-order valence-electron chi connectivity index (χ4n) is 2.46. The van der Waals surface area contributed by atoms with E-state index in [2.05, 4.69) is 5.32 Å². The van der Waals surface area contributed by atoms with Gasteiger partial charge in [-0.1, -0.05) is 12.1 Å². The number of hydrogen-bond acceptors (Lipinski definition) is 7. The molecule has 1 aromatic carbocycles. The lowest BCUT2D eigenvalue weighted by molar-refractivity contribution is -0.402. The van der Waals surface area contributed by atoms with E-state index in [0.717, 1.165) is 11.8 Å². The van der Waals surface area contributed by atoms with Gasteiger partial charge in [-0.3, -0.25) is 19.7 Å². The maximum absolute atomic E-state index is 12.5. The lowest BCUT2D eigenvalue weighted by Crippen LogP contribution is -2.42. The van der Waals surface area contributed by atoms with Crippen LogP contribution in [0.3, 0.4) is 0 Å². The summed E-state index contributed by atoms with van der Waals surface area (Å²) in [6.07, 6.45) is 3.52. The first-order valence-electron chi connectivity index (χ1n) is 9.39. The van der Waals surface area contributed by atoms with Gasteiger partial charge in [-0.05, 0) is 56.9 Å². The molecule has 1 amide bonds. The normalized spacial score (nSPS) is 11.7. The van der Waals surface area contributed by atoms with Gasteiger partial charge in [0.1, 0.15) is 6.04 Å². The number of ether oxygens (including phenoxy) is 2. The van der Waals surface area contributed by atoms with E-state index in [0.29, 0.717) is 18.4 Å². The van der Waals surface area contributed by atoms with Crippen molar-refractivity contribution >= 4 is 17.8 Å². The SMILES string of the molecule is CCOC(=O)CCC(NC(=O)c1ccc(CCC=C[N+](=O)[O-])cc1)C(=O)OCC. The number of nitrogens with one attached hydrogen (secondary N) is 1. The maximum Gasteiger partial charge on any atom is 0.328 e. The minimum Gasteiger partial charge on any atom is -0.466 e. The Hall–Kier alpha value is -3.23. The standard InChI is InChI=1S/C20H26N2O7/c1-3-28-18(23)13-12-17(20(25)29-4-2)21-19(24)16-10-8-15(9-11-16)7-5-6-14-22(26)27/h6,8-11,14,17H,3-5,7,12-13H2,1-2H3,(H,21,24). The molecule has 0 aliphatic carbocycles. The predicted octanol–water partition coefficient (Wildman–Crippen LogP) is 2.41. The van der Waals surface area contributed by atoms with E-state index in [4.69, 9.17) is 9.47 Å². The van der Waals surface area contributed by atoms with Crippen molar-refractivity contribution in [3.05, 3.63) is 57.8 Å². The van der Waals surface area contributed by atoms with E-state index in [1.807, 2.05) is 0 Å². The molecular formula is C20H26N2O7. The highest BCUT2D eigenvalue weighted by Crippen LogP contribution is 2.09. The Balaban J connectivity index is 2.68. The van der Waals surface area contributed by atoms with Crippen LogP contribution in [0.1, 0.15) is 49.0 Å². The molecule has 1 atom stereocenters. The van der Waals surface area contributed by atoms with Crippen molar-refractivity contribution in [3.63, 3.8) is 0 Å². The number of allylic oxidation sites excluding steroid dienone is 1. The summed E-state index contributed by atoms with van der Waals surface area (Å²) in [5.74, 6) is -1.53. The molecule has 158 valence electrons. The summed E-state index contributed by atoms with van der Waals surface area (Å²) in [5, 5.41) is 12.8. The highest BCUT2D eigenvalue weighted by Gasteiger charge is 2.23. The molecule has 9 heteroatoms. The molecule has 0 heterocycles. The number of esters is 2. The Morgan fingerprint density at radius 1 is 1.14 bits per heavy atom. The van der Waals surface area contributed by atoms with Gasteiger partial charge in [0.25, 0.3) is 5.91 Å². The molecule has 0 aromatic heterocycles. The molecule has 0 spiro atoms. The second-order valence-corrected chi connectivity index (χ2v) is 6.03. The monoisotopic (exact) mass is 406 g/mol. The summed E-state index contributed by atoms with van der Waals surface area (Å²) in [5.41, 5.74) is 1.26. The van der Waals surface area contributed by atoms with Gasteiger partial charge >= 0.3 is 11.9 Å². The Morgan fingerprint density at radius 2 is 1.79 bits per heavy atom. The van der Waals surface area contributed by atoms with E-state index in [1.165, 1.54) is 6.08 Å². The van der Waals surface area contributed by atoms with Crippen LogP contribution in [0.5, 0.6) is 0 Å². The highest BCUT2D eigenvalue weighted by molar-refractivity contribution is 5.96. The summed E-state index contributed by atoms with van der Waals surface area (Å²) in [6, 6.07) is 5.74. The van der Waals surface area contributed by atoms with E-state index >= 15 is 0 Å². The van der Waals surface area contributed by atoms with Crippen molar-refractivity contribution in [1.29, 1.82) is 0 Å². The second-order valence-electron chi connectivity index (χ2n) is 6.03. The van der Waals surface area contributed by atoms with Crippen molar-refractivity contribution in [2.75, 3.05) is 13.2 Å². The zero-order chi connectivity index (χ0) is 21.6. The number of hydrogen-bond donors (Lipinski definition) is 1. The molecule has 0 aliphatic rings.